The number of anilines is 3. The van der Waals surface area contributed by atoms with E-state index in [4.69, 9.17) is 15.7 Å². The van der Waals surface area contributed by atoms with Gasteiger partial charge in [-0.2, -0.15) is 5.26 Å². The number of nitrogens with one attached hydrogen (secondary N) is 1. The monoisotopic (exact) mass is 329 g/mol. The fraction of sp³-hybridized carbons (Fsp3) is 0. The summed E-state index contributed by atoms with van der Waals surface area (Å²) < 4.78 is 5.33. The van der Waals surface area contributed by atoms with E-state index < -0.39 is 5.97 Å². The molecule has 25 heavy (non-hydrogen) atoms. The summed E-state index contributed by atoms with van der Waals surface area (Å²) in [5, 5.41) is 12.3. The number of nitriles is 1. The summed E-state index contributed by atoms with van der Waals surface area (Å²) in [6.45, 7) is 0. The Labute approximate surface area is 145 Å². The van der Waals surface area contributed by atoms with Crippen LogP contribution in [0.3, 0.4) is 0 Å². The number of hydrogen-bond acceptors (Lipinski definition) is 5. The lowest BCUT2D eigenvalue weighted by Crippen LogP contribution is -2.08. The van der Waals surface area contributed by atoms with Gasteiger partial charge in [0.25, 0.3) is 0 Å². The zero-order valence-electron chi connectivity index (χ0n) is 13.3. The molecule has 0 bridgehead atoms. The van der Waals surface area contributed by atoms with Gasteiger partial charge in [0, 0.05) is 11.4 Å². The molecule has 0 atom stereocenters. The minimum Gasteiger partial charge on any atom is -0.423 e. The van der Waals surface area contributed by atoms with Gasteiger partial charge in [-0.3, -0.25) is 0 Å². The van der Waals surface area contributed by atoms with Gasteiger partial charge in [-0.15, -0.1) is 0 Å². The average molecular weight is 329 g/mol. The Morgan fingerprint density at radius 3 is 2.40 bits per heavy atom. The van der Waals surface area contributed by atoms with Crippen LogP contribution >= 0.6 is 0 Å². The highest BCUT2D eigenvalue weighted by Gasteiger charge is 2.08. The van der Waals surface area contributed by atoms with Crippen LogP contribution < -0.4 is 15.8 Å². The van der Waals surface area contributed by atoms with E-state index in [-0.39, 0.29) is 0 Å². The molecule has 5 nitrogen and oxygen atoms in total. The molecule has 0 aromatic heterocycles. The molecular formula is C20H15N3O2. The third kappa shape index (κ3) is 3.95. The maximum Gasteiger partial charge on any atom is 0.343 e. The van der Waals surface area contributed by atoms with Crippen molar-refractivity contribution >= 4 is 23.0 Å². The molecule has 0 aliphatic carbocycles. The first-order valence-corrected chi connectivity index (χ1v) is 7.59. The molecule has 0 spiro atoms. The van der Waals surface area contributed by atoms with Crippen LogP contribution in [0.15, 0.2) is 72.8 Å². The number of hydrogen-bond donors (Lipinski definition) is 2. The van der Waals surface area contributed by atoms with Gasteiger partial charge >= 0.3 is 5.97 Å². The molecule has 5 heteroatoms. The normalized spacial score (nSPS) is 9.88. The first-order chi connectivity index (χ1) is 12.2. The van der Waals surface area contributed by atoms with Gasteiger partial charge in [0.2, 0.25) is 0 Å². The van der Waals surface area contributed by atoms with Gasteiger partial charge in [-0.1, -0.05) is 18.2 Å². The number of nitrogen functional groups attached to an aromatic ring is 1. The smallest absolute Gasteiger partial charge is 0.343 e. The highest BCUT2D eigenvalue weighted by molar-refractivity contribution is 5.91. The molecule has 0 radical (unpaired) electrons. The highest BCUT2D eigenvalue weighted by atomic mass is 16.5. The summed E-state index contributed by atoms with van der Waals surface area (Å²) in [4.78, 5) is 12.0. The quantitative estimate of drug-likeness (QED) is 0.427. The van der Waals surface area contributed by atoms with Crippen LogP contribution in [-0.2, 0) is 0 Å². The molecule has 3 rings (SSSR count). The van der Waals surface area contributed by atoms with Crippen LogP contribution in [0.25, 0.3) is 0 Å². The number of carbonyl (C=O) groups is 1. The van der Waals surface area contributed by atoms with E-state index in [9.17, 15) is 4.79 Å². The first-order valence-electron chi connectivity index (χ1n) is 7.59. The maximum atomic E-state index is 12.0. The number of carbonyl (C=O) groups excluding carboxylic acids is 1. The van der Waals surface area contributed by atoms with Crippen LogP contribution in [0.4, 0.5) is 17.1 Å². The average Bonchev–Trinajstić information content (AvgIpc) is 2.65. The van der Waals surface area contributed by atoms with E-state index in [1.165, 1.54) is 0 Å². The van der Waals surface area contributed by atoms with Crippen molar-refractivity contribution in [2.45, 2.75) is 0 Å². The van der Waals surface area contributed by atoms with E-state index in [0.717, 1.165) is 5.69 Å². The van der Waals surface area contributed by atoms with Crippen molar-refractivity contribution in [3.63, 3.8) is 0 Å². The van der Waals surface area contributed by atoms with Crippen LogP contribution in [0, 0.1) is 11.3 Å². The van der Waals surface area contributed by atoms with E-state index in [1.807, 2.05) is 6.07 Å². The molecule has 122 valence electrons. The summed E-state index contributed by atoms with van der Waals surface area (Å²) in [7, 11) is 0. The number of rotatable bonds is 4. The molecule has 0 heterocycles. The Morgan fingerprint density at radius 2 is 1.72 bits per heavy atom. The van der Waals surface area contributed by atoms with Crippen molar-refractivity contribution in [1.82, 2.24) is 0 Å². The van der Waals surface area contributed by atoms with Crippen molar-refractivity contribution in [2.75, 3.05) is 11.1 Å². The highest BCUT2D eigenvalue weighted by Crippen LogP contribution is 2.24. The van der Waals surface area contributed by atoms with Gasteiger partial charge in [-0.25, -0.2) is 4.79 Å². The lowest BCUT2D eigenvalue weighted by atomic mass is 10.1. The molecule has 0 aliphatic heterocycles. The molecule has 3 N–H and O–H groups in total. The van der Waals surface area contributed by atoms with E-state index in [1.54, 1.807) is 66.7 Å². The second kappa shape index (κ2) is 7.20. The molecule has 3 aromatic carbocycles. The molecule has 0 unspecified atom stereocenters. The van der Waals surface area contributed by atoms with E-state index in [0.29, 0.717) is 28.3 Å². The Kier molecular flexibility index (Phi) is 4.63. The fourth-order valence-electron chi connectivity index (χ4n) is 2.27. The zero-order chi connectivity index (χ0) is 17.6. The minimum absolute atomic E-state index is 0.411. The number of nitrogens with two attached hydrogens (primary N) is 1. The molecule has 3 aromatic rings. The number of benzene rings is 3. The topological polar surface area (TPSA) is 88.1 Å². The maximum absolute atomic E-state index is 12.0. The standard InChI is InChI=1S/C20H15N3O2/c21-13-15-12-16(22)6-11-19(15)23-17-7-9-18(10-8-17)25-20(24)14-4-2-1-3-5-14/h1-12,23H,22H2. The van der Waals surface area contributed by atoms with Crippen molar-refractivity contribution in [2.24, 2.45) is 0 Å². The predicted molar refractivity (Wildman–Crippen MR) is 96.7 cm³/mol. The second-order valence-corrected chi connectivity index (χ2v) is 5.32. The van der Waals surface area contributed by atoms with E-state index >= 15 is 0 Å². The van der Waals surface area contributed by atoms with Gasteiger partial charge < -0.3 is 15.8 Å². The Bertz CT molecular complexity index is 929. The third-order valence-electron chi connectivity index (χ3n) is 3.52. The van der Waals surface area contributed by atoms with Gasteiger partial charge in [0.15, 0.2) is 0 Å². The first kappa shape index (κ1) is 16.1. The Balaban J connectivity index is 1.71. The molecule has 0 fully saturated rings. The van der Waals surface area contributed by atoms with Crippen molar-refractivity contribution in [3.8, 4) is 11.8 Å². The number of esters is 1. The SMILES string of the molecule is N#Cc1cc(N)ccc1Nc1ccc(OC(=O)c2ccccc2)cc1. The van der Waals surface area contributed by atoms with Gasteiger partial charge in [0.1, 0.15) is 11.8 Å². The molecule has 0 saturated carbocycles. The minimum atomic E-state index is -0.411. The summed E-state index contributed by atoms with van der Waals surface area (Å²) in [5.74, 6) is 0.0313. The van der Waals surface area contributed by atoms with Gasteiger partial charge in [-0.05, 0) is 54.6 Å². The number of ether oxygens (including phenoxy) is 1. The Hall–Kier alpha value is -3.78. The summed E-state index contributed by atoms with van der Waals surface area (Å²) in [6.07, 6.45) is 0. The number of nitrogens with zero attached hydrogens (tertiary/aromatic N) is 1. The fourth-order valence-corrected chi connectivity index (χ4v) is 2.27. The second-order valence-electron chi connectivity index (χ2n) is 5.32. The van der Waals surface area contributed by atoms with Crippen molar-refractivity contribution in [3.05, 3.63) is 83.9 Å². The van der Waals surface area contributed by atoms with Crippen molar-refractivity contribution < 1.29 is 9.53 Å². The molecular weight excluding hydrogens is 314 g/mol. The van der Waals surface area contributed by atoms with Crippen molar-refractivity contribution in [1.29, 1.82) is 5.26 Å². The lowest BCUT2D eigenvalue weighted by molar-refractivity contribution is 0.0735. The summed E-state index contributed by atoms with van der Waals surface area (Å²) >= 11 is 0. The summed E-state index contributed by atoms with van der Waals surface area (Å²) in [6, 6.07) is 22.9. The zero-order valence-corrected chi connectivity index (χ0v) is 13.3. The molecule has 0 saturated heterocycles. The summed E-state index contributed by atoms with van der Waals surface area (Å²) in [5.41, 5.74) is 8.59. The predicted octanol–water partition coefficient (Wildman–Crippen LogP) is 4.10. The Morgan fingerprint density at radius 1 is 1.00 bits per heavy atom. The molecule has 0 amide bonds. The molecule has 0 aliphatic rings. The van der Waals surface area contributed by atoms with Crippen LogP contribution in [-0.4, -0.2) is 5.97 Å². The van der Waals surface area contributed by atoms with Crippen LogP contribution in [0.5, 0.6) is 5.75 Å². The van der Waals surface area contributed by atoms with E-state index in [2.05, 4.69) is 11.4 Å². The van der Waals surface area contributed by atoms with Crippen LogP contribution in [0.1, 0.15) is 15.9 Å². The lowest BCUT2D eigenvalue weighted by Gasteiger charge is -2.10. The van der Waals surface area contributed by atoms with Crippen LogP contribution in [0.2, 0.25) is 0 Å². The largest absolute Gasteiger partial charge is 0.423 e. The third-order valence-corrected chi connectivity index (χ3v) is 3.52. The van der Waals surface area contributed by atoms with Gasteiger partial charge in [0.05, 0.1) is 16.8 Å².